The van der Waals surface area contributed by atoms with Gasteiger partial charge in [-0.05, 0) is 79.6 Å². The normalized spacial score (nSPS) is 10.7. The van der Waals surface area contributed by atoms with Crippen LogP contribution in [-0.2, 0) is 6.54 Å². The lowest BCUT2D eigenvalue weighted by atomic mass is 10.1. The minimum atomic E-state index is -0.154. The van der Waals surface area contributed by atoms with Gasteiger partial charge in [0.25, 0.3) is 0 Å². The van der Waals surface area contributed by atoms with Crippen molar-refractivity contribution in [2.75, 3.05) is 32.5 Å². The topological polar surface area (TPSA) is 81.5 Å². The zero-order chi connectivity index (χ0) is 24.6. The molecule has 176 valence electrons. The summed E-state index contributed by atoms with van der Waals surface area (Å²) in [5.74, 6) is 1.35. The van der Waals surface area contributed by atoms with E-state index in [2.05, 4.69) is 21.3 Å². The Balaban J connectivity index is 1.43. The Morgan fingerprint density at radius 2 is 1.66 bits per heavy atom. The molecule has 2 amide bonds. The van der Waals surface area contributed by atoms with Crippen molar-refractivity contribution in [3.05, 3.63) is 96.3 Å². The number of rotatable bonds is 8. The monoisotopic (exact) mass is 465 g/mol. The number of benzene rings is 3. The third kappa shape index (κ3) is 6.56. The molecular formula is C28H27N5O2. The number of carbonyl (C=O) groups excluding carboxylic acids is 1. The van der Waals surface area contributed by atoms with Gasteiger partial charge in [-0.2, -0.15) is 5.26 Å². The molecule has 7 nitrogen and oxygen atoms in total. The Hall–Kier alpha value is -4.41. The van der Waals surface area contributed by atoms with Gasteiger partial charge in [0.1, 0.15) is 11.5 Å². The van der Waals surface area contributed by atoms with Crippen molar-refractivity contribution in [3.8, 4) is 17.6 Å². The molecule has 0 unspecified atom stereocenters. The summed E-state index contributed by atoms with van der Waals surface area (Å²) in [7, 11) is 3.98. The number of urea groups is 1. The Kier molecular flexibility index (Phi) is 7.56. The highest BCUT2D eigenvalue weighted by Gasteiger charge is 2.15. The molecule has 0 radical (unpaired) electrons. The quantitative estimate of drug-likeness (QED) is 0.372. The standard InChI is InChI=1S/C28H27N5O2/c1-32(2)15-16-33(28(34)31-25-8-7-24-19-30-14-13-23(24)17-25)20-22-5-11-27(12-6-22)35-26-9-3-21(18-29)4-10-26/h3-14,17,19H,15-16,20H2,1-2H3,(H,31,34). The summed E-state index contributed by atoms with van der Waals surface area (Å²) in [5.41, 5.74) is 2.33. The second-order valence-electron chi connectivity index (χ2n) is 8.47. The van der Waals surface area contributed by atoms with E-state index in [0.29, 0.717) is 30.2 Å². The maximum Gasteiger partial charge on any atom is 0.322 e. The van der Waals surface area contributed by atoms with E-state index in [1.165, 1.54) is 0 Å². The fourth-order valence-electron chi connectivity index (χ4n) is 3.55. The Bertz CT molecular complexity index is 1330. The van der Waals surface area contributed by atoms with Crippen molar-refractivity contribution in [1.82, 2.24) is 14.8 Å². The lowest BCUT2D eigenvalue weighted by Gasteiger charge is -2.25. The average Bonchev–Trinajstić information content (AvgIpc) is 2.87. The molecule has 35 heavy (non-hydrogen) atoms. The van der Waals surface area contributed by atoms with E-state index in [0.717, 1.165) is 28.6 Å². The highest BCUT2D eigenvalue weighted by Crippen LogP contribution is 2.23. The van der Waals surface area contributed by atoms with Crippen LogP contribution >= 0.6 is 0 Å². The van der Waals surface area contributed by atoms with E-state index in [9.17, 15) is 4.79 Å². The van der Waals surface area contributed by atoms with Gasteiger partial charge in [0.15, 0.2) is 0 Å². The minimum absolute atomic E-state index is 0.154. The molecule has 4 aromatic rings. The van der Waals surface area contributed by atoms with Crippen LogP contribution in [0.2, 0.25) is 0 Å². The first-order chi connectivity index (χ1) is 17.0. The third-order valence-electron chi connectivity index (χ3n) is 5.51. The van der Waals surface area contributed by atoms with Crippen LogP contribution in [0.4, 0.5) is 10.5 Å². The fraction of sp³-hybridized carbons (Fsp3) is 0.179. The highest BCUT2D eigenvalue weighted by molar-refractivity contribution is 5.93. The van der Waals surface area contributed by atoms with Crippen molar-refractivity contribution in [1.29, 1.82) is 5.26 Å². The van der Waals surface area contributed by atoms with Crippen LogP contribution in [0, 0.1) is 11.3 Å². The highest BCUT2D eigenvalue weighted by atomic mass is 16.5. The summed E-state index contributed by atoms with van der Waals surface area (Å²) in [6, 6.07) is 24.3. The first-order valence-corrected chi connectivity index (χ1v) is 11.3. The lowest BCUT2D eigenvalue weighted by molar-refractivity contribution is 0.202. The van der Waals surface area contributed by atoms with Crippen LogP contribution in [0.3, 0.4) is 0 Å². The molecular weight excluding hydrogens is 438 g/mol. The molecule has 4 rings (SSSR count). The van der Waals surface area contributed by atoms with E-state index in [1.807, 2.05) is 62.6 Å². The molecule has 3 aromatic carbocycles. The van der Waals surface area contributed by atoms with Crippen LogP contribution in [0.25, 0.3) is 10.8 Å². The molecule has 0 aliphatic carbocycles. The molecule has 0 aliphatic rings. The molecule has 0 spiro atoms. The van der Waals surface area contributed by atoms with Gasteiger partial charge in [-0.3, -0.25) is 4.98 Å². The van der Waals surface area contributed by atoms with Gasteiger partial charge in [-0.25, -0.2) is 4.79 Å². The number of hydrogen-bond acceptors (Lipinski definition) is 5. The molecule has 0 saturated carbocycles. The van der Waals surface area contributed by atoms with Gasteiger partial charge in [0, 0.05) is 43.1 Å². The first-order valence-electron chi connectivity index (χ1n) is 11.3. The predicted molar refractivity (Wildman–Crippen MR) is 137 cm³/mol. The number of anilines is 1. The van der Waals surface area contributed by atoms with E-state index in [1.54, 1.807) is 41.6 Å². The molecule has 0 fully saturated rings. The molecule has 0 aliphatic heterocycles. The second-order valence-corrected chi connectivity index (χ2v) is 8.47. The number of hydrogen-bond donors (Lipinski definition) is 1. The zero-order valence-corrected chi connectivity index (χ0v) is 19.8. The number of nitrogens with zero attached hydrogens (tertiary/aromatic N) is 4. The third-order valence-corrected chi connectivity index (χ3v) is 5.51. The van der Waals surface area contributed by atoms with Crippen molar-refractivity contribution in [2.24, 2.45) is 0 Å². The zero-order valence-electron chi connectivity index (χ0n) is 19.8. The Morgan fingerprint density at radius 3 is 2.34 bits per heavy atom. The lowest BCUT2D eigenvalue weighted by Crippen LogP contribution is -2.39. The molecule has 1 N–H and O–H groups in total. The fourth-order valence-corrected chi connectivity index (χ4v) is 3.55. The smallest absolute Gasteiger partial charge is 0.322 e. The number of pyridine rings is 1. The molecule has 7 heteroatoms. The summed E-state index contributed by atoms with van der Waals surface area (Å²) < 4.78 is 5.86. The Labute approximate surface area is 205 Å². The van der Waals surface area contributed by atoms with E-state index in [-0.39, 0.29) is 6.03 Å². The Morgan fingerprint density at radius 1 is 0.943 bits per heavy atom. The summed E-state index contributed by atoms with van der Waals surface area (Å²) in [5, 5.41) is 14.0. The molecule has 1 aromatic heterocycles. The van der Waals surface area contributed by atoms with Crippen molar-refractivity contribution in [2.45, 2.75) is 6.54 Å². The van der Waals surface area contributed by atoms with Crippen LogP contribution < -0.4 is 10.1 Å². The maximum atomic E-state index is 13.2. The number of ether oxygens (including phenoxy) is 1. The molecule has 0 bridgehead atoms. The summed E-state index contributed by atoms with van der Waals surface area (Å²) in [6.45, 7) is 1.80. The van der Waals surface area contributed by atoms with Gasteiger partial charge >= 0.3 is 6.03 Å². The van der Waals surface area contributed by atoms with Gasteiger partial charge in [-0.1, -0.05) is 18.2 Å². The minimum Gasteiger partial charge on any atom is -0.457 e. The van der Waals surface area contributed by atoms with Gasteiger partial charge in [0.2, 0.25) is 0 Å². The molecule has 1 heterocycles. The largest absolute Gasteiger partial charge is 0.457 e. The van der Waals surface area contributed by atoms with Gasteiger partial charge in [0.05, 0.1) is 11.6 Å². The SMILES string of the molecule is CN(C)CCN(Cc1ccc(Oc2ccc(C#N)cc2)cc1)C(=O)Nc1ccc2cnccc2c1. The average molecular weight is 466 g/mol. The summed E-state index contributed by atoms with van der Waals surface area (Å²) in [6.07, 6.45) is 3.55. The number of likely N-dealkylation sites (N-methyl/N-ethyl adjacent to an activating group) is 1. The number of amides is 2. The predicted octanol–water partition coefficient (Wildman–Crippen LogP) is 5.49. The van der Waals surface area contributed by atoms with Crippen LogP contribution in [0.5, 0.6) is 11.5 Å². The van der Waals surface area contributed by atoms with E-state index < -0.39 is 0 Å². The number of carbonyl (C=O) groups is 1. The van der Waals surface area contributed by atoms with Crippen molar-refractivity contribution >= 4 is 22.5 Å². The van der Waals surface area contributed by atoms with Crippen LogP contribution in [0.15, 0.2) is 85.2 Å². The van der Waals surface area contributed by atoms with Gasteiger partial charge in [-0.15, -0.1) is 0 Å². The summed E-state index contributed by atoms with van der Waals surface area (Å²) in [4.78, 5) is 21.1. The van der Waals surface area contributed by atoms with Gasteiger partial charge < -0.3 is 19.9 Å². The van der Waals surface area contributed by atoms with Crippen LogP contribution in [-0.4, -0.2) is 48.0 Å². The van der Waals surface area contributed by atoms with Crippen LogP contribution in [0.1, 0.15) is 11.1 Å². The maximum absolute atomic E-state index is 13.2. The van der Waals surface area contributed by atoms with E-state index in [4.69, 9.17) is 10.00 Å². The number of aromatic nitrogens is 1. The summed E-state index contributed by atoms with van der Waals surface area (Å²) >= 11 is 0. The molecule has 0 saturated heterocycles. The van der Waals surface area contributed by atoms with Crippen molar-refractivity contribution < 1.29 is 9.53 Å². The van der Waals surface area contributed by atoms with E-state index >= 15 is 0 Å². The number of nitrogens with one attached hydrogen (secondary N) is 1. The first kappa shape index (κ1) is 23.7. The van der Waals surface area contributed by atoms with Crippen molar-refractivity contribution in [3.63, 3.8) is 0 Å². The second kappa shape index (κ2) is 11.1. The number of fused-ring (bicyclic) bond motifs is 1. The molecule has 0 atom stereocenters. The number of nitriles is 1.